The summed E-state index contributed by atoms with van der Waals surface area (Å²) in [5, 5.41) is 31.8. The molecule has 2 aromatic carbocycles. The molecule has 7 heteroatoms. The van der Waals surface area contributed by atoms with Crippen molar-refractivity contribution < 1.29 is 24.9 Å². The number of rotatable bonds is 4. The fourth-order valence-corrected chi connectivity index (χ4v) is 1.95. The van der Waals surface area contributed by atoms with Gasteiger partial charge in [0.05, 0.1) is 13.3 Å². The van der Waals surface area contributed by atoms with E-state index in [-0.39, 0.29) is 5.56 Å². The predicted molar refractivity (Wildman–Crippen MR) is 84.2 cm³/mol. The Hall–Kier alpha value is -3.22. The molecular weight excluding hydrogens is 300 g/mol. The van der Waals surface area contributed by atoms with Gasteiger partial charge in [0.25, 0.3) is 5.91 Å². The van der Waals surface area contributed by atoms with Crippen molar-refractivity contribution in [1.82, 2.24) is 5.43 Å². The Kier molecular flexibility index (Phi) is 4.70. The topological polar surface area (TPSA) is 111 Å². The SMILES string of the molecule is COc1ccc(/C=N/NC(=O)c2cc(O)c(O)c(O)c2)cc1C. The van der Waals surface area contributed by atoms with Crippen molar-refractivity contribution in [2.24, 2.45) is 5.10 Å². The molecule has 0 aliphatic rings. The number of aromatic hydroxyl groups is 3. The molecule has 0 spiro atoms. The summed E-state index contributed by atoms with van der Waals surface area (Å²) in [4.78, 5) is 11.9. The zero-order chi connectivity index (χ0) is 17.0. The molecule has 0 aliphatic carbocycles. The summed E-state index contributed by atoms with van der Waals surface area (Å²) in [6, 6.07) is 7.45. The van der Waals surface area contributed by atoms with Crippen LogP contribution in [0.3, 0.4) is 0 Å². The van der Waals surface area contributed by atoms with Crippen LogP contribution in [0.5, 0.6) is 23.0 Å². The van der Waals surface area contributed by atoms with Gasteiger partial charge in [-0.2, -0.15) is 5.10 Å². The van der Waals surface area contributed by atoms with Gasteiger partial charge in [0, 0.05) is 5.56 Å². The van der Waals surface area contributed by atoms with Gasteiger partial charge in [0.15, 0.2) is 17.2 Å². The number of ether oxygens (including phenoxy) is 1. The molecule has 0 radical (unpaired) electrons. The standard InChI is InChI=1S/C16H16N2O5/c1-9-5-10(3-4-14(9)23-2)8-17-18-16(22)11-6-12(19)15(21)13(20)7-11/h3-8,19-21H,1-2H3,(H,18,22)/b17-8+. The number of hydrogen-bond acceptors (Lipinski definition) is 6. The minimum absolute atomic E-state index is 0.0409. The summed E-state index contributed by atoms with van der Waals surface area (Å²) >= 11 is 0. The molecule has 0 bridgehead atoms. The first-order valence-electron chi connectivity index (χ1n) is 6.65. The summed E-state index contributed by atoms with van der Waals surface area (Å²) in [7, 11) is 1.58. The molecule has 4 N–H and O–H groups in total. The maximum absolute atomic E-state index is 11.9. The molecule has 7 nitrogen and oxygen atoms in total. The summed E-state index contributed by atoms with van der Waals surface area (Å²) in [6.07, 6.45) is 1.45. The van der Waals surface area contributed by atoms with Crippen molar-refractivity contribution in [1.29, 1.82) is 0 Å². The summed E-state index contributed by atoms with van der Waals surface area (Å²) in [5.74, 6) is -1.76. The molecule has 0 heterocycles. The monoisotopic (exact) mass is 316 g/mol. The Morgan fingerprint density at radius 2 is 1.83 bits per heavy atom. The molecule has 0 unspecified atom stereocenters. The number of hydrazone groups is 1. The van der Waals surface area contributed by atoms with Gasteiger partial charge in [-0.25, -0.2) is 5.43 Å². The quantitative estimate of drug-likeness (QED) is 0.391. The van der Waals surface area contributed by atoms with Crippen LogP contribution < -0.4 is 10.2 Å². The molecule has 0 fully saturated rings. The Labute approximate surface area is 132 Å². The summed E-state index contributed by atoms with van der Waals surface area (Å²) in [6.45, 7) is 1.89. The van der Waals surface area contributed by atoms with E-state index in [2.05, 4.69) is 10.5 Å². The number of carbonyl (C=O) groups excluding carboxylic acids is 1. The third-order valence-corrected chi connectivity index (χ3v) is 3.13. The highest BCUT2D eigenvalue weighted by molar-refractivity contribution is 5.96. The average molecular weight is 316 g/mol. The van der Waals surface area contributed by atoms with Crippen LogP contribution in [0, 0.1) is 6.92 Å². The van der Waals surface area contributed by atoms with E-state index in [0.717, 1.165) is 29.0 Å². The van der Waals surface area contributed by atoms with Gasteiger partial charge in [-0.3, -0.25) is 4.79 Å². The molecule has 0 atom stereocenters. The van der Waals surface area contributed by atoms with Crippen LogP contribution in [0.15, 0.2) is 35.4 Å². The van der Waals surface area contributed by atoms with Crippen LogP contribution in [0.25, 0.3) is 0 Å². The maximum Gasteiger partial charge on any atom is 0.271 e. The Bertz CT molecular complexity index is 748. The molecular formula is C16H16N2O5. The van der Waals surface area contributed by atoms with E-state index >= 15 is 0 Å². The van der Waals surface area contributed by atoms with Crippen LogP contribution in [0.2, 0.25) is 0 Å². The van der Waals surface area contributed by atoms with E-state index in [9.17, 15) is 20.1 Å². The molecule has 0 aromatic heterocycles. The maximum atomic E-state index is 11.9. The largest absolute Gasteiger partial charge is 0.504 e. The highest BCUT2D eigenvalue weighted by Crippen LogP contribution is 2.35. The number of phenolic OH excluding ortho intramolecular Hbond substituents is 3. The first-order chi connectivity index (χ1) is 10.9. The minimum atomic E-state index is -0.682. The summed E-state index contributed by atoms with van der Waals surface area (Å²) < 4.78 is 5.15. The third kappa shape index (κ3) is 3.70. The van der Waals surface area contributed by atoms with Crippen LogP contribution in [-0.2, 0) is 0 Å². The number of aryl methyl sites for hydroxylation is 1. The fourth-order valence-electron chi connectivity index (χ4n) is 1.95. The first-order valence-corrected chi connectivity index (χ1v) is 6.65. The highest BCUT2D eigenvalue weighted by atomic mass is 16.5. The van der Waals surface area contributed by atoms with Crippen LogP contribution in [0.4, 0.5) is 0 Å². The number of hydrogen-bond donors (Lipinski definition) is 4. The van der Waals surface area contributed by atoms with E-state index in [1.165, 1.54) is 6.21 Å². The Balaban J connectivity index is 2.08. The van der Waals surface area contributed by atoms with Crippen LogP contribution >= 0.6 is 0 Å². The minimum Gasteiger partial charge on any atom is -0.504 e. The van der Waals surface area contributed by atoms with Gasteiger partial charge in [-0.1, -0.05) is 0 Å². The molecule has 1 amide bonds. The van der Waals surface area contributed by atoms with Gasteiger partial charge >= 0.3 is 0 Å². The number of nitrogens with zero attached hydrogens (tertiary/aromatic N) is 1. The molecule has 0 saturated carbocycles. The lowest BCUT2D eigenvalue weighted by Gasteiger charge is -2.05. The van der Waals surface area contributed by atoms with Crippen molar-refractivity contribution in [3.05, 3.63) is 47.0 Å². The Morgan fingerprint density at radius 3 is 2.39 bits per heavy atom. The van der Waals surface area contributed by atoms with Crippen molar-refractivity contribution in [2.75, 3.05) is 7.11 Å². The zero-order valence-corrected chi connectivity index (χ0v) is 12.6. The predicted octanol–water partition coefficient (Wildman–Crippen LogP) is 1.88. The first kappa shape index (κ1) is 16.2. The molecule has 0 saturated heterocycles. The van der Waals surface area contributed by atoms with E-state index in [1.54, 1.807) is 19.2 Å². The molecule has 23 heavy (non-hydrogen) atoms. The number of nitrogens with one attached hydrogen (secondary N) is 1. The van der Waals surface area contributed by atoms with Gasteiger partial charge in [0.2, 0.25) is 0 Å². The second-order valence-electron chi connectivity index (χ2n) is 4.79. The van der Waals surface area contributed by atoms with Crippen molar-refractivity contribution in [2.45, 2.75) is 6.92 Å². The molecule has 2 rings (SSSR count). The third-order valence-electron chi connectivity index (χ3n) is 3.13. The number of carbonyl (C=O) groups is 1. The van der Waals surface area contributed by atoms with E-state index in [1.807, 2.05) is 13.0 Å². The molecule has 0 aliphatic heterocycles. The van der Waals surface area contributed by atoms with Gasteiger partial charge in [-0.05, 0) is 48.4 Å². The highest BCUT2D eigenvalue weighted by Gasteiger charge is 2.12. The van der Waals surface area contributed by atoms with E-state index < -0.39 is 23.2 Å². The van der Waals surface area contributed by atoms with E-state index in [4.69, 9.17) is 4.74 Å². The lowest BCUT2D eigenvalue weighted by atomic mass is 10.1. The molecule has 120 valence electrons. The molecule has 2 aromatic rings. The van der Waals surface area contributed by atoms with Gasteiger partial charge < -0.3 is 20.1 Å². The van der Waals surface area contributed by atoms with Gasteiger partial charge in [0.1, 0.15) is 5.75 Å². The fraction of sp³-hybridized carbons (Fsp3) is 0.125. The zero-order valence-electron chi connectivity index (χ0n) is 12.6. The van der Waals surface area contributed by atoms with E-state index in [0.29, 0.717) is 0 Å². The van der Waals surface area contributed by atoms with Crippen LogP contribution in [0.1, 0.15) is 21.5 Å². The van der Waals surface area contributed by atoms with Crippen molar-refractivity contribution >= 4 is 12.1 Å². The van der Waals surface area contributed by atoms with Crippen molar-refractivity contribution in [3.8, 4) is 23.0 Å². The second kappa shape index (κ2) is 6.69. The summed E-state index contributed by atoms with van der Waals surface area (Å²) in [5.41, 5.74) is 3.91. The smallest absolute Gasteiger partial charge is 0.271 e. The number of benzene rings is 2. The lowest BCUT2D eigenvalue weighted by molar-refractivity contribution is 0.0954. The van der Waals surface area contributed by atoms with Crippen LogP contribution in [-0.4, -0.2) is 34.6 Å². The number of methoxy groups -OCH3 is 1. The Morgan fingerprint density at radius 1 is 1.17 bits per heavy atom. The average Bonchev–Trinajstić information content (AvgIpc) is 2.52. The number of phenols is 3. The second-order valence-corrected chi connectivity index (χ2v) is 4.79. The number of amides is 1. The van der Waals surface area contributed by atoms with Gasteiger partial charge in [-0.15, -0.1) is 0 Å². The lowest BCUT2D eigenvalue weighted by Crippen LogP contribution is -2.17. The normalized spacial score (nSPS) is 10.7. The van der Waals surface area contributed by atoms with Crippen molar-refractivity contribution in [3.63, 3.8) is 0 Å².